The van der Waals surface area contributed by atoms with Gasteiger partial charge in [-0.15, -0.1) is 0 Å². The number of fused-ring (bicyclic) bond motifs is 1. The fourth-order valence-electron chi connectivity index (χ4n) is 3.62. The molecule has 2 heteroatoms. The minimum Gasteiger partial charge on any atom is -0.363 e. The fraction of sp³-hybridized carbons (Fsp3) is 0.318. The van der Waals surface area contributed by atoms with Crippen molar-refractivity contribution in [2.75, 3.05) is 11.4 Å². The van der Waals surface area contributed by atoms with Crippen molar-refractivity contribution in [3.8, 4) is 0 Å². The third-order valence-electron chi connectivity index (χ3n) is 4.79. The molecule has 0 aliphatic carbocycles. The van der Waals surface area contributed by atoms with E-state index in [1.54, 1.807) is 0 Å². The van der Waals surface area contributed by atoms with Crippen molar-refractivity contribution in [3.63, 3.8) is 0 Å². The summed E-state index contributed by atoms with van der Waals surface area (Å²) in [5.41, 5.74) is 7.47. The summed E-state index contributed by atoms with van der Waals surface area (Å²) in [4.78, 5) is 7.09. The van der Waals surface area contributed by atoms with Crippen molar-refractivity contribution in [1.82, 2.24) is 0 Å². The Labute approximate surface area is 145 Å². The molecular formula is C22H26N2. The first-order valence-corrected chi connectivity index (χ1v) is 8.63. The first-order chi connectivity index (χ1) is 11.4. The highest BCUT2D eigenvalue weighted by Gasteiger charge is 2.30. The molecule has 1 aliphatic rings. The lowest BCUT2D eigenvalue weighted by Gasteiger charge is -2.43. The van der Waals surface area contributed by atoms with Gasteiger partial charge in [-0.25, -0.2) is 0 Å². The molecule has 0 amide bonds. The van der Waals surface area contributed by atoms with Gasteiger partial charge in [0.15, 0.2) is 0 Å². The summed E-state index contributed by atoms with van der Waals surface area (Å²) in [6.45, 7) is 12.2. The van der Waals surface area contributed by atoms with Crippen LogP contribution in [0, 0.1) is 6.92 Å². The molecule has 2 aromatic rings. The van der Waals surface area contributed by atoms with Gasteiger partial charge in [-0.2, -0.15) is 0 Å². The van der Waals surface area contributed by atoms with E-state index in [4.69, 9.17) is 0 Å². The molecule has 0 saturated carbocycles. The standard InChI is InChI=1S/C22H26N2/c1-6-24-21-12-16(2)18(15-23-19-10-8-7-9-11-19)13-20(21)17(3)14-22(24,4)5/h7-15H,6H2,1-5H3. The number of para-hydroxylation sites is 1. The van der Waals surface area contributed by atoms with Crippen LogP contribution >= 0.6 is 0 Å². The Morgan fingerprint density at radius 3 is 2.46 bits per heavy atom. The number of likely N-dealkylation sites (N-methyl/N-ethyl adjacent to an activating group) is 1. The lowest BCUT2D eigenvalue weighted by atomic mass is 9.87. The van der Waals surface area contributed by atoms with Crippen molar-refractivity contribution >= 4 is 23.2 Å². The molecule has 0 unspecified atom stereocenters. The molecule has 2 nitrogen and oxygen atoms in total. The van der Waals surface area contributed by atoms with Gasteiger partial charge >= 0.3 is 0 Å². The van der Waals surface area contributed by atoms with Crippen molar-refractivity contribution in [2.24, 2.45) is 4.99 Å². The number of hydrogen-bond donors (Lipinski definition) is 0. The molecule has 0 bridgehead atoms. The summed E-state index contributed by atoms with van der Waals surface area (Å²) in [7, 11) is 0. The molecular weight excluding hydrogens is 292 g/mol. The number of allylic oxidation sites excluding steroid dienone is 1. The van der Waals surface area contributed by atoms with Gasteiger partial charge in [-0.05, 0) is 75.6 Å². The predicted molar refractivity (Wildman–Crippen MR) is 106 cm³/mol. The number of benzene rings is 2. The lowest BCUT2D eigenvalue weighted by Crippen LogP contribution is -2.45. The van der Waals surface area contributed by atoms with E-state index in [1.807, 2.05) is 36.5 Å². The predicted octanol–water partition coefficient (Wildman–Crippen LogP) is 5.77. The highest BCUT2D eigenvalue weighted by molar-refractivity contribution is 5.90. The van der Waals surface area contributed by atoms with Gasteiger partial charge in [0.25, 0.3) is 0 Å². The molecule has 0 spiro atoms. The molecule has 24 heavy (non-hydrogen) atoms. The van der Waals surface area contributed by atoms with Crippen LogP contribution in [-0.2, 0) is 0 Å². The van der Waals surface area contributed by atoms with E-state index in [2.05, 4.69) is 62.7 Å². The lowest BCUT2D eigenvalue weighted by molar-refractivity contribution is 0.566. The average molecular weight is 318 g/mol. The van der Waals surface area contributed by atoms with E-state index >= 15 is 0 Å². The molecule has 1 aliphatic heterocycles. The van der Waals surface area contributed by atoms with Crippen LogP contribution in [0.15, 0.2) is 53.5 Å². The number of aliphatic imine (C=N–C) groups is 1. The molecule has 0 aromatic heterocycles. The number of anilines is 1. The Bertz CT molecular complexity index is 798. The zero-order valence-corrected chi connectivity index (χ0v) is 15.3. The summed E-state index contributed by atoms with van der Waals surface area (Å²) in [5, 5.41) is 0. The van der Waals surface area contributed by atoms with Gasteiger partial charge in [0, 0.05) is 24.0 Å². The molecule has 0 fully saturated rings. The number of aryl methyl sites for hydroxylation is 1. The quantitative estimate of drug-likeness (QED) is 0.656. The molecule has 0 atom stereocenters. The summed E-state index contributed by atoms with van der Waals surface area (Å²) < 4.78 is 0. The molecule has 0 N–H and O–H groups in total. The van der Waals surface area contributed by atoms with Crippen LogP contribution in [0.2, 0.25) is 0 Å². The topological polar surface area (TPSA) is 15.6 Å². The molecule has 0 radical (unpaired) electrons. The second-order valence-corrected chi connectivity index (χ2v) is 7.04. The highest BCUT2D eigenvalue weighted by atomic mass is 15.2. The smallest absolute Gasteiger partial charge is 0.0629 e. The normalized spacial score (nSPS) is 16.2. The minimum atomic E-state index is 0.0535. The average Bonchev–Trinajstić information content (AvgIpc) is 2.54. The van der Waals surface area contributed by atoms with E-state index in [0.717, 1.165) is 12.2 Å². The van der Waals surface area contributed by atoms with Crippen LogP contribution in [-0.4, -0.2) is 18.3 Å². The Balaban J connectivity index is 2.04. The Morgan fingerprint density at radius 2 is 1.79 bits per heavy atom. The van der Waals surface area contributed by atoms with Crippen LogP contribution in [0.3, 0.4) is 0 Å². The molecule has 2 aromatic carbocycles. The minimum absolute atomic E-state index is 0.0535. The third-order valence-corrected chi connectivity index (χ3v) is 4.79. The Hall–Kier alpha value is -2.35. The van der Waals surface area contributed by atoms with Crippen LogP contribution in [0.25, 0.3) is 5.57 Å². The maximum absolute atomic E-state index is 4.62. The maximum Gasteiger partial charge on any atom is 0.0629 e. The first-order valence-electron chi connectivity index (χ1n) is 8.63. The van der Waals surface area contributed by atoms with Gasteiger partial charge in [0.05, 0.1) is 11.2 Å². The van der Waals surface area contributed by atoms with E-state index in [1.165, 1.54) is 28.0 Å². The summed E-state index contributed by atoms with van der Waals surface area (Å²) in [6, 6.07) is 14.7. The van der Waals surface area contributed by atoms with E-state index in [-0.39, 0.29) is 5.54 Å². The Kier molecular flexibility index (Phi) is 4.31. The molecule has 0 saturated heterocycles. The maximum atomic E-state index is 4.62. The zero-order valence-electron chi connectivity index (χ0n) is 15.3. The van der Waals surface area contributed by atoms with Gasteiger partial charge in [-0.3, -0.25) is 4.99 Å². The van der Waals surface area contributed by atoms with Crippen LogP contribution < -0.4 is 4.90 Å². The number of rotatable bonds is 3. The van der Waals surface area contributed by atoms with Crippen molar-refractivity contribution in [2.45, 2.75) is 40.2 Å². The molecule has 1 heterocycles. The summed E-state index contributed by atoms with van der Waals surface area (Å²) in [5.74, 6) is 0. The fourth-order valence-corrected chi connectivity index (χ4v) is 3.62. The van der Waals surface area contributed by atoms with Crippen LogP contribution in [0.5, 0.6) is 0 Å². The van der Waals surface area contributed by atoms with E-state index < -0.39 is 0 Å². The number of nitrogens with zero attached hydrogens (tertiary/aromatic N) is 2. The van der Waals surface area contributed by atoms with Gasteiger partial charge in [0.1, 0.15) is 0 Å². The third kappa shape index (κ3) is 3.01. The largest absolute Gasteiger partial charge is 0.363 e. The highest BCUT2D eigenvalue weighted by Crippen LogP contribution is 2.39. The number of hydrogen-bond acceptors (Lipinski definition) is 2. The Morgan fingerprint density at radius 1 is 1.08 bits per heavy atom. The second kappa shape index (κ2) is 6.27. The van der Waals surface area contributed by atoms with Crippen molar-refractivity contribution in [1.29, 1.82) is 0 Å². The molecule has 3 rings (SSSR count). The van der Waals surface area contributed by atoms with E-state index in [9.17, 15) is 0 Å². The van der Waals surface area contributed by atoms with E-state index in [0.29, 0.717) is 0 Å². The second-order valence-electron chi connectivity index (χ2n) is 7.04. The van der Waals surface area contributed by atoms with Gasteiger partial charge in [0.2, 0.25) is 0 Å². The van der Waals surface area contributed by atoms with Gasteiger partial charge in [-0.1, -0.05) is 24.3 Å². The van der Waals surface area contributed by atoms with Gasteiger partial charge < -0.3 is 4.90 Å². The monoisotopic (exact) mass is 318 g/mol. The molecule has 124 valence electrons. The van der Waals surface area contributed by atoms with Crippen molar-refractivity contribution < 1.29 is 0 Å². The summed E-state index contributed by atoms with van der Waals surface area (Å²) in [6.07, 6.45) is 4.35. The van der Waals surface area contributed by atoms with Crippen LogP contribution in [0.4, 0.5) is 11.4 Å². The first kappa shape index (κ1) is 16.5. The zero-order chi connectivity index (χ0) is 17.3. The SMILES string of the molecule is CCN1c2cc(C)c(C=Nc3ccccc3)cc2C(C)=CC1(C)C. The van der Waals surface area contributed by atoms with Crippen molar-refractivity contribution in [3.05, 3.63) is 65.2 Å². The van der Waals surface area contributed by atoms with Crippen LogP contribution in [0.1, 0.15) is 44.4 Å². The summed E-state index contributed by atoms with van der Waals surface area (Å²) >= 11 is 0.